The van der Waals surface area contributed by atoms with E-state index in [0.717, 1.165) is 28.9 Å². The topological polar surface area (TPSA) is 21.3 Å². The molecule has 4 heteroatoms. The van der Waals surface area contributed by atoms with Crippen LogP contribution in [0.3, 0.4) is 0 Å². The Kier molecular flexibility index (Phi) is 7.99. The molecule has 0 amide bonds. The number of ether oxygens (including phenoxy) is 1. The third-order valence-corrected chi connectivity index (χ3v) is 4.35. The quantitative estimate of drug-likeness (QED) is 0.528. The molecule has 0 aliphatic carbocycles. The fourth-order valence-electron chi connectivity index (χ4n) is 2.45. The molecule has 0 saturated carbocycles. The summed E-state index contributed by atoms with van der Waals surface area (Å²) in [4.78, 5) is 0. The lowest BCUT2D eigenvalue weighted by molar-refractivity contribution is 0.304. The molecule has 0 bridgehead atoms. The van der Waals surface area contributed by atoms with E-state index in [-0.39, 0.29) is 12.4 Å². The van der Waals surface area contributed by atoms with Gasteiger partial charge in [-0.2, -0.15) is 0 Å². The van der Waals surface area contributed by atoms with Gasteiger partial charge >= 0.3 is 0 Å². The van der Waals surface area contributed by atoms with Gasteiger partial charge in [-0.25, -0.2) is 0 Å². The summed E-state index contributed by atoms with van der Waals surface area (Å²) < 4.78 is 6.87. The molecule has 0 saturated heterocycles. The van der Waals surface area contributed by atoms with E-state index in [1.54, 1.807) is 0 Å². The molecule has 0 aliphatic rings. The Hall–Kier alpha value is -1.81. The number of rotatable bonds is 7. The van der Waals surface area contributed by atoms with Crippen LogP contribution in [0.25, 0.3) is 0 Å². The molecule has 130 valence electrons. The lowest BCUT2D eigenvalue weighted by Crippen LogP contribution is -2.12. The van der Waals surface area contributed by atoms with Crippen LogP contribution in [0.15, 0.2) is 83.3 Å². The van der Waals surface area contributed by atoms with Crippen LogP contribution in [-0.4, -0.2) is 0 Å². The fraction of sp³-hybridized carbons (Fsp3) is 0.143. The van der Waals surface area contributed by atoms with Gasteiger partial charge in [0.1, 0.15) is 12.4 Å². The second kappa shape index (κ2) is 10.2. The Morgan fingerprint density at radius 2 is 1.32 bits per heavy atom. The number of hydrogen-bond acceptors (Lipinski definition) is 2. The molecule has 2 nitrogen and oxygen atoms in total. The molecule has 25 heavy (non-hydrogen) atoms. The Morgan fingerprint density at radius 1 is 0.720 bits per heavy atom. The second-order valence-corrected chi connectivity index (χ2v) is 6.48. The first kappa shape index (κ1) is 19.5. The second-order valence-electron chi connectivity index (χ2n) is 5.63. The normalized spacial score (nSPS) is 10.1. The van der Waals surface area contributed by atoms with Gasteiger partial charge in [0.05, 0.1) is 4.47 Å². The van der Waals surface area contributed by atoms with Crippen LogP contribution in [0.5, 0.6) is 5.75 Å². The number of nitrogens with one attached hydrogen (secondary N) is 1. The molecular weight excluding hydrogens is 398 g/mol. The van der Waals surface area contributed by atoms with Crippen molar-refractivity contribution in [3.05, 3.63) is 100 Å². The maximum absolute atomic E-state index is 5.88. The minimum absolute atomic E-state index is 0. The summed E-state index contributed by atoms with van der Waals surface area (Å²) >= 11 is 3.60. The summed E-state index contributed by atoms with van der Waals surface area (Å²) in [6, 6.07) is 26.8. The van der Waals surface area contributed by atoms with Crippen LogP contribution in [0.1, 0.15) is 16.7 Å². The minimum Gasteiger partial charge on any atom is -0.488 e. The zero-order chi connectivity index (χ0) is 16.6. The first-order valence-corrected chi connectivity index (χ1v) is 8.80. The highest BCUT2D eigenvalue weighted by molar-refractivity contribution is 9.10. The van der Waals surface area contributed by atoms with Gasteiger partial charge in [0.25, 0.3) is 0 Å². The number of hydrogen-bond donors (Lipinski definition) is 1. The van der Waals surface area contributed by atoms with Crippen molar-refractivity contribution < 1.29 is 4.74 Å². The highest BCUT2D eigenvalue weighted by Gasteiger charge is 2.03. The molecule has 3 aromatic carbocycles. The van der Waals surface area contributed by atoms with E-state index in [1.807, 2.05) is 30.3 Å². The predicted octanol–water partition coefficient (Wildman–Crippen LogP) is 5.74. The first-order valence-electron chi connectivity index (χ1n) is 8.01. The summed E-state index contributed by atoms with van der Waals surface area (Å²) in [7, 11) is 0. The van der Waals surface area contributed by atoms with Crippen molar-refractivity contribution >= 4 is 28.3 Å². The average molecular weight is 419 g/mol. The average Bonchev–Trinajstić information content (AvgIpc) is 2.63. The Bertz CT molecular complexity index is 765. The van der Waals surface area contributed by atoms with Crippen LogP contribution in [0, 0.1) is 0 Å². The van der Waals surface area contributed by atoms with Crippen molar-refractivity contribution in [1.29, 1.82) is 0 Å². The van der Waals surface area contributed by atoms with Crippen LogP contribution in [0.2, 0.25) is 0 Å². The van der Waals surface area contributed by atoms with Crippen molar-refractivity contribution in [3.63, 3.8) is 0 Å². The molecule has 3 rings (SSSR count). The molecule has 3 aromatic rings. The Balaban J connectivity index is 0.00000225. The summed E-state index contributed by atoms with van der Waals surface area (Å²) in [5, 5.41) is 3.46. The van der Waals surface area contributed by atoms with Crippen LogP contribution >= 0.6 is 28.3 Å². The smallest absolute Gasteiger partial charge is 0.134 e. The van der Waals surface area contributed by atoms with E-state index in [0.29, 0.717) is 6.61 Å². The van der Waals surface area contributed by atoms with E-state index in [4.69, 9.17) is 4.74 Å². The van der Waals surface area contributed by atoms with Gasteiger partial charge in [-0.1, -0.05) is 66.7 Å². The first-order chi connectivity index (χ1) is 11.8. The summed E-state index contributed by atoms with van der Waals surface area (Å²) in [6.07, 6.45) is 0. The molecule has 0 fully saturated rings. The molecule has 0 spiro atoms. The maximum atomic E-state index is 5.88. The molecular formula is C21H21BrClNO. The minimum atomic E-state index is 0. The van der Waals surface area contributed by atoms with Crippen LogP contribution < -0.4 is 10.1 Å². The summed E-state index contributed by atoms with van der Waals surface area (Å²) in [5.74, 6) is 0.866. The van der Waals surface area contributed by atoms with E-state index in [2.05, 4.69) is 69.8 Å². The monoisotopic (exact) mass is 417 g/mol. The van der Waals surface area contributed by atoms with Gasteiger partial charge in [-0.3, -0.25) is 0 Å². The van der Waals surface area contributed by atoms with Gasteiger partial charge in [-0.15, -0.1) is 12.4 Å². The van der Waals surface area contributed by atoms with Gasteiger partial charge in [0, 0.05) is 13.1 Å². The van der Waals surface area contributed by atoms with Gasteiger partial charge in [0.15, 0.2) is 0 Å². The fourth-order valence-corrected chi connectivity index (χ4v) is 2.99. The van der Waals surface area contributed by atoms with Gasteiger partial charge in [0.2, 0.25) is 0 Å². The SMILES string of the molecule is Brc1cc(CNCc2ccccc2)ccc1OCc1ccccc1.Cl. The standard InChI is InChI=1S/C21H20BrNO.ClH/c22-20-13-19(15-23-14-17-7-3-1-4-8-17)11-12-21(20)24-16-18-9-5-2-6-10-18;/h1-13,23H,14-16H2;1H. The molecule has 0 unspecified atom stereocenters. The van der Waals surface area contributed by atoms with Crippen molar-refractivity contribution in [2.45, 2.75) is 19.7 Å². The third kappa shape index (κ3) is 6.20. The Morgan fingerprint density at radius 3 is 1.96 bits per heavy atom. The van der Waals surface area contributed by atoms with Gasteiger partial charge in [-0.05, 0) is 44.8 Å². The zero-order valence-electron chi connectivity index (χ0n) is 13.8. The highest BCUT2D eigenvalue weighted by Crippen LogP contribution is 2.26. The summed E-state index contributed by atoms with van der Waals surface area (Å²) in [6.45, 7) is 2.27. The lowest BCUT2D eigenvalue weighted by Gasteiger charge is -2.11. The molecule has 0 heterocycles. The predicted molar refractivity (Wildman–Crippen MR) is 109 cm³/mol. The van der Waals surface area contributed by atoms with Gasteiger partial charge < -0.3 is 10.1 Å². The van der Waals surface area contributed by atoms with Crippen molar-refractivity contribution in [3.8, 4) is 5.75 Å². The molecule has 0 radical (unpaired) electrons. The van der Waals surface area contributed by atoms with E-state index in [1.165, 1.54) is 11.1 Å². The van der Waals surface area contributed by atoms with Crippen molar-refractivity contribution in [2.24, 2.45) is 0 Å². The maximum Gasteiger partial charge on any atom is 0.134 e. The Labute approximate surface area is 163 Å². The largest absolute Gasteiger partial charge is 0.488 e. The number of halogens is 2. The van der Waals surface area contributed by atoms with Crippen molar-refractivity contribution in [1.82, 2.24) is 5.32 Å². The lowest BCUT2D eigenvalue weighted by atomic mass is 10.2. The van der Waals surface area contributed by atoms with Crippen molar-refractivity contribution in [2.75, 3.05) is 0 Å². The number of benzene rings is 3. The molecule has 0 atom stereocenters. The molecule has 0 aromatic heterocycles. The third-order valence-electron chi connectivity index (χ3n) is 3.73. The molecule has 1 N–H and O–H groups in total. The summed E-state index contributed by atoms with van der Waals surface area (Å²) in [5.41, 5.74) is 3.68. The van der Waals surface area contributed by atoms with Crippen LogP contribution in [0.4, 0.5) is 0 Å². The van der Waals surface area contributed by atoms with E-state index >= 15 is 0 Å². The molecule has 0 aliphatic heterocycles. The van der Waals surface area contributed by atoms with E-state index in [9.17, 15) is 0 Å². The highest BCUT2D eigenvalue weighted by atomic mass is 79.9. The van der Waals surface area contributed by atoms with Crippen LogP contribution in [-0.2, 0) is 19.7 Å². The zero-order valence-corrected chi connectivity index (χ0v) is 16.2. The van der Waals surface area contributed by atoms with E-state index < -0.39 is 0 Å².